The minimum absolute atomic E-state index is 0.0664. The number of esters is 3. The molecule has 0 spiro atoms. The molecule has 0 amide bonds. The molecular weight excluding hydrogens is 452 g/mol. The lowest BCUT2D eigenvalue weighted by atomic mass is 9.54. The van der Waals surface area contributed by atoms with Crippen molar-refractivity contribution in [3.05, 3.63) is 41.0 Å². The molecule has 0 heterocycles. The number of rotatable bonds is 9. The fraction of sp³-hybridized carbons (Fsp3) is 0.577. The number of aromatic hydroxyl groups is 1. The molecule has 1 N–H and O–H groups in total. The number of phenolic OH excluding ortho intramolecular Hbond substituents is 1. The topological polar surface area (TPSA) is 99.1 Å². The van der Waals surface area contributed by atoms with Gasteiger partial charge in [0, 0.05) is 26.0 Å². The molecule has 1 saturated carbocycles. The van der Waals surface area contributed by atoms with Gasteiger partial charge in [0.2, 0.25) is 0 Å². The number of carbonyl (C=O) groups excluding carboxylic acids is 3. The van der Waals surface area contributed by atoms with Gasteiger partial charge in [-0.1, -0.05) is 38.2 Å². The van der Waals surface area contributed by atoms with Crippen LogP contribution < -0.4 is 0 Å². The summed E-state index contributed by atoms with van der Waals surface area (Å²) in [6.45, 7) is 11.1. The number of allylic oxidation sites excluding steroid dienone is 1. The van der Waals surface area contributed by atoms with Crippen LogP contribution in [-0.2, 0) is 28.6 Å². The van der Waals surface area contributed by atoms with E-state index >= 15 is 0 Å². The number of phenols is 1. The van der Waals surface area contributed by atoms with Gasteiger partial charge in [-0.3, -0.25) is 9.59 Å². The highest BCUT2D eigenvalue weighted by molar-refractivity contribution is 6.76. The number of carbonyl (C=O) groups is 3. The Morgan fingerprint density at radius 1 is 1.00 bits per heavy atom. The monoisotopic (exact) mass is 488 g/mol. The van der Waals surface area contributed by atoms with Crippen LogP contribution in [0.5, 0.6) is 5.75 Å². The van der Waals surface area contributed by atoms with Crippen molar-refractivity contribution in [2.75, 3.05) is 19.8 Å². The summed E-state index contributed by atoms with van der Waals surface area (Å²) in [7, 11) is -1.40. The van der Waals surface area contributed by atoms with E-state index in [0.29, 0.717) is 25.0 Å². The lowest BCUT2D eigenvalue weighted by molar-refractivity contribution is -0.164. The Balaban J connectivity index is 2.04. The number of fused-ring (bicyclic) bond motifs is 2. The molecule has 2 bridgehead atoms. The minimum Gasteiger partial charge on any atom is -0.508 e. The van der Waals surface area contributed by atoms with Crippen LogP contribution in [-0.4, -0.2) is 50.9 Å². The summed E-state index contributed by atoms with van der Waals surface area (Å²) in [5, 5.41) is 10.2. The zero-order valence-electron chi connectivity index (χ0n) is 20.8. The fourth-order valence-corrected chi connectivity index (χ4v) is 5.71. The van der Waals surface area contributed by atoms with Gasteiger partial charge in [0.1, 0.15) is 5.75 Å². The number of hydrogen-bond acceptors (Lipinski definition) is 7. The van der Waals surface area contributed by atoms with Crippen LogP contribution in [0.1, 0.15) is 49.7 Å². The molecule has 7 nitrogen and oxygen atoms in total. The van der Waals surface area contributed by atoms with Gasteiger partial charge in [0.25, 0.3) is 0 Å². The Morgan fingerprint density at radius 3 is 2.32 bits per heavy atom. The molecule has 4 atom stereocenters. The van der Waals surface area contributed by atoms with E-state index in [9.17, 15) is 19.5 Å². The maximum Gasteiger partial charge on any atom is 0.330 e. The summed E-state index contributed by atoms with van der Waals surface area (Å²) in [4.78, 5) is 39.0. The molecule has 34 heavy (non-hydrogen) atoms. The van der Waals surface area contributed by atoms with Gasteiger partial charge in [0.15, 0.2) is 0 Å². The van der Waals surface area contributed by atoms with E-state index in [4.69, 9.17) is 14.2 Å². The molecule has 1 unspecified atom stereocenters. The van der Waals surface area contributed by atoms with Crippen molar-refractivity contribution in [3.63, 3.8) is 0 Å². The lowest BCUT2D eigenvalue weighted by Gasteiger charge is -2.48. The standard InChI is InChI=1S/C26H36O7Si/c1-6-10-32-26(30)24-22-16(14-21(28)31-7-2)13-19(18-9-8-17(27)15-20(18)22)23(24)25(29)33-11-12-34(3,4)5/h8-9,14-15,19,22-24,27H,6-7,10-13H2,1-5H3/t19?,22-,23+,24+/m0/s1. The summed E-state index contributed by atoms with van der Waals surface area (Å²) in [5.41, 5.74) is 2.36. The van der Waals surface area contributed by atoms with Gasteiger partial charge in [-0.15, -0.1) is 0 Å². The minimum atomic E-state index is -1.40. The SMILES string of the molecule is CCCOC(=O)[C@H]1[C@H](C(=O)OCC[Si](C)(C)C)C2CC(=CC(=O)OCC)[C@H]1c1cc(O)ccc12. The average Bonchev–Trinajstić information content (AvgIpc) is 2.76. The third-order valence-electron chi connectivity index (χ3n) is 6.52. The Labute approximate surface area is 202 Å². The molecular formula is C26H36O7Si. The molecule has 4 rings (SSSR count). The van der Waals surface area contributed by atoms with Gasteiger partial charge in [0.05, 0.1) is 31.7 Å². The molecule has 186 valence electrons. The highest BCUT2D eigenvalue weighted by Crippen LogP contribution is 2.59. The van der Waals surface area contributed by atoms with Crippen LogP contribution >= 0.6 is 0 Å². The van der Waals surface area contributed by atoms with Gasteiger partial charge in [-0.05, 0) is 49.1 Å². The Hall–Kier alpha value is -2.61. The molecule has 0 aliphatic heterocycles. The smallest absolute Gasteiger partial charge is 0.330 e. The molecule has 0 saturated heterocycles. The molecule has 1 aromatic rings. The number of hydrogen-bond donors (Lipinski definition) is 1. The predicted molar refractivity (Wildman–Crippen MR) is 130 cm³/mol. The van der Waals surface area contributed by atoms with E-state index in [1.165, 1.54) is 6.08 Å². The van der Waals surface area contributed by atoms with E-state index in [0.717, 1.165) is 17.2 Å². The third kappa shape index (κ3) is 5.71. The van der Waals surface area contributed by atoms with Gasteiger partial charge in [-0.25, -0.2) is 4.79 Å². The molecule has 0 aromatic heterocycles. The van der Waals surface area contributed by atoms with Crippen LogP contribution in [0.15, 0.2) is 29.8 Å². The first-order chi connectivity index (χ1) is 16.1. The first kappa shape index (κ1) is 26.0. The molecule has 0 radical (unpaired) electrons. The zero-order chi connectivity index (χ0) is 25.0. The van der Waals surface area contributed by atoms with Gasteiger partial charge >= 0.3 is 17.9 Å². The van der Waals surface area contributed by atoms with Crippen LogP contribution in [0, 0.1) is 11.8 Å². The Bertz CT molecular complexity index is 962. The largest absolute Gasteiger partial charge is 0.508 e. The van der Waals surface area contributed by atoms with E-state index in [-0.39, 0.29) is 24.9 Å². The number of ether oxygens (including phenoxy) is 3. The summed E-state index contributed by atoms with van der Waals surface area (Å²) in [6.07, 6.45) is 2.52. The second kappa shape index (κ2) is 10.8. The van der Waals surface area contributed by atoms with Gasteiger partial charge < -0.3 is 19.3 Å². The average molecular weight is 489 g/mol. The second-order valence-electron chi connectivity index (χ2n) is 10.3. The summed E-state index contributed by atoms with van der Waals surface area (Å²) < 4.78 is 16.4. The van der Waals surface area contributed by atoms with Crippen molar-refractivity contribution in [2.24, 2.45) is 11.8 Å². The van der Waals surface area contributed by atoms with Crippen LogP contribution in [0.25, 0.3) is 0 Å². The second-order valence-corrected chi connectivity index (χ2v) is 15.9. The molecule has 8 heteroatoms. The van der Waals surface area contributed by atoms with Crippen molar-refractivity contribution >= 4 is 26.0 Å². The van der Waals surface area contributed by atoms with E-state index in [2.05, 4.69) is 19.6 Å². The van der Waals surface area contributed by atoms with Crippen LogP contribution in [0.4, 0.5) is 0 Å². The number of benzene rings is 1. The highest BCUT2D eigenvalue weighted by Gasteiger charge is 2.56. The van der Waals surface area contributed by atoms with E-state index < -0.39 is 43.7 Å². The van der Waals surface area contributed by atoms with E-state index in [1.54, 1.807) is 25.1 Å². The van der Waals surface area contributed by atoms with Crippen LogP contribution in [0.3, 0.4) is 0 Å². The third-order valence-corrected chi connectivity index (χ3v) is 8.22. The molecule has 1 fully saturated rings. The van der Waals surface area contributed by atoms with Crippen molar-refractivity contribution in [1.82, 2.24) is 0 Å². The first-order valence-electron chi connectivity index (χ1n) is 12.1. The fourth-order valence-electron chi connectivity index (χ4n) is 4.99. The molecule has 3 aliphatic carbocycles. The summed E-state index contributed by atoms with van der Waals surface area (Å²) >= 11 is 0. The maximum absolute atomic E-state index is 13.4. The first-order valence-corrected chi connectivity index (χ1v) is 15.8. The normalized spacial score (nSPS) is 24.4. The summed E-state index contributed by atoms with van der Waals surface area (Å²) in [5.74, 6) is -3.78. The zero-order valence-corrected chi connectivity index (χ0v) is 21.8. The molecule has 1 aromatic carbocycles. The maximum atomic E-state index is 13.4. The Kier molecular flexibility index (Phi) is 8.23. The van der Waals surface area contributed by atoms with Crippen molar-refractivity contribution in [1.29, 1.82) is 0 Å². The predicted octanol–water partition coefficient (Wildman–Crippen LogP) is 4.53. The summed E-state index contributed by atoms with van der Waals surface area (Å²) in [6, 6.07) is 5.85. The van der Waals surface area contributed by atoms with Crippen molar-refractivity contribution < 1.29 is 33.7 Å². The highest BCUT2D eigenvalue weighted by atomic mass is 28.3. The lowest BCUT2D eigenvalue weighted by Crippen LogP contribution is -2.48. The Morgan fingerprint density at radius 2 is 1.68 bits per heavy atom. The van der Waals surface area contributed by atoms with Crippen LogP contribution in [0.2, 0.25) is 25.7 Å². The van der Waals surface area contributed by atoms with E-state index in [1.807, 2.05) is 6.92 Å². The quantitative estimate of drug-likeness (QED) is 0.236. The molecule has 3 aliphatic rings. The van der Waals surface area contributed by atoms with Crippen molar-refractivity contribution in [3.8, 4) is 5.75 Å². The van der Waals surface area contributed by atoms with Crippen molar-refractivity contribution in [2.45, 2.75) is 64.2 Å². The van der Waals surface area contributed by atoms with Gasteiger partial charge in [-0.2, -0.15) is 0 Å².